The molecular weight excluding hydrogens is 430 g/mol. The van der Waals surface area contributed by atoms with E-state index >= 15 is 0 Å². The normalized spacial score (nSPS) is 11.1. The molecule has 0 bridgehead atoms. The molecule has 162 valence electrons. The van der Waals surface area contributed by atoms with Crippen molar-refractivity contribution in [2.24, 2.45) is 5.10 Å². The maximum absolute atomic E-state index is 13.0. The minimum absolute atomic E-state index is 0.0527. The number of rotatable bonds is 8. The average molecular weight is 448 g/mol. The predicted molar refractivity (Wildman–Crippen MR) is 110 cm³/mol. The summed E-state index contributed by atoms with van der Waals surface area (Å²) < 4.78 is 42.8. The van der Waals surface area contributed by atoms with Crippen LogP contribution in [0.1, 0.15) is 33.7 Å². The van der Waals surface area contributed by atoms with Crippen molar-refractivity contribution in [3.05, 3.63) is 69.8 Å². The number of benzene rings is 2. The number of esters is 1. The third-order valence-corrected chi connectivity index (χ3v) is 4.44. The van der Waals surface area contributed by atoms with E-state index in [9.17, 15) is 13.6 Å². The Balaban J connectivity index is 1.85. The van der Waals surface area contributed by atoms with Crippen molar-refractivity contribution >= 4 is 24.4 Å². The lowest BCUT2D eigenvalue weighted by Gasteiger charge is -2.13. The molecule has 0 atom stereocenters. The summed E-state index contributed by atoms with van der Waals surface area (Å²) in [5.74, 6) is -0.212. The van der Waals surface area contributed by atoms with Crippen LogP contribution in [0.5, 0.6) is 11.5 Å². The minimum Gasteiger partial charge on any atom is -0.496 e. The molecule has 0 aliphatic heterocycles. The molecule has 8 nitrogen and oxygen atoms in total. The summed E-state index contributed by atoms with van der Waals surface area (Å²) in [4.78, 5) is 11.9. The number of carbonyl (C=O) groups excluding carboxylic acids is 1. The molecule has 2 aromatic carbocycles. The van der Waals surface area contributed by atoms with Gasteiger partial charge in [0, 0.05) is 5.56 Å². The van der Waals surface area contributed by atoms with Gasteiger partial charge in [0.1, 0.15) is 23.7 Å². The molecule has 0 saturated carbocycles. The van der Waals surface area contributed by atoms with E-state index in [-0.39, 0.29) is 16.9 Å². The Morgan fingerprint density at radius 3 is 2.74 bits per heavy atom. The first-order valence-corrected chi connectivity index (χ1v) is 9.32. The second-order valence-corrected chi connectivity index (χ2v) is 6.48. The Kier molecular flexibility index (Phi) is 7.08. The van der Waals surface area contributed by atoms with Gasteiger partial charge < -0.3 is 14.2 Å². The van der Waals surface area contributed by atoms with E-state index in [1.165, 1.54) is 20.4 Å². The summed E-state index contributed by atoms with van der Waals surface area (Å²) in [5, 5.41) is 9.75. The number of alkyl halides is 2. The fourth-order valence-corrected chi connectivity index (χ4v) is 2.89. The Hall–Kier alpha value is -3.60. The minimum atomic E-state index is -2.83. The zero-order chi connectivity index (χ0) is 22.4. The van der Waals surface area contributed by atoms with Crippen LogP contribution in [-0.2, 0) is 11.3 Å². The fraction of sp³-hybridized carbons (Fsp3) is 0.200. The summed E-state index contributed by atoms with van der Waals surface area (Å²) in [5.41, 5.74) is 1.52. The van der Waals surface area contributed by atoms with Crippen molar-refractivity contribution in [2.45, 2.75) is 13.0 Å². The van der Waals surface area contributed by atoms with Crippen LogP contribution in [0, 0.1) is 4.77 Å². The zero-order valence-corrected chi connectivity index (χ0v) is 17.4. The maximum atomic E-state index is 13.0. The van der Waals surface area contributed by atoms with Gasteiger partial charge in [-0.05, 0) is 48.1 Å². The number of aromatic amines is 1. The van der Waals surface area contributed by atoms with E-state index in [4.69, 9.17) is 26.4 Å². The van der Waals surface area contributed by atoms with Crippen molar-refractivity contribution < 1.29 is 27.8 Å². The topological polar surface area (TPSA) is 90.7 Å². The highest BCUT2D eigenvalue weighted by atomic mass is 32.1. The van der Waals surface area contributed by atoms with Crippen molar-refractivity contribution in [2.75, 3.05) is 14.2 Å². The molecule has 3 aromatic rings. The number of halogens is 2. The van der Waals surface area contributed by atoms with Gasteiger partial charge in [0.15, 0.2) is 0 Å². The Bertz CT molecular complexity index is 1160. The van der Waals surface area contributed by atoms with Gasteiger partial charge in [0.05, 0.1) is 20.4 Å². The molecule has 3 rings (SSSR count). The van der Waals surface area contributed by atoms with Crippen LogP contribution >= 0.6 is 12.2 Å². The molecule has 0 spiro atoms. The van der Waals surface area contributed by atoms with Crippen LogP contribution in [0.3, 0.4) is 0 Å². The van der Waals surface area contributed by atoms with Crippen molar-refractivity contribution in [1.82, 2.24) is 14.9 Å². The molecule has 0 amide bonds. The van der Waals surface area contributed by atoms with Crippen molar-refractivity contribution in [3.8, 4) is 11.5 Å². The van der Waals surface area contributed by atoms with Crippen LogP contribution in [0.4, 0.5) is 8.78 Å². The van der Waals surface area contributed by atoms with E-state index in [1.807, 2.05) is 0 Å². The molecule has 0 saturated heterocycles. The molecule has 0 aliphatic carbocycles. The summed E-state index contributed by atoms with van der Waals surface area (Å²) in [7, 11) is 2.80. The number of para-hydroxylation sites is 1. The number of hydrogen-bond acceptors (Lipinski definition) is 7. The van der Waals surface area contributed by atoms with Crippen LogP contribution in [0.25, 0.3) is 0 Å². The lowest BCUT2D eigenvalue weighted by molar-refractivity contribution is 0.0595. The monoisotopic (exact) mass is 448 g/mol. The van der Waals surface area contributed by atoms with Crippen LogP contribution < -0.4 is 9.47 Å². The second-order valence-electron chi connectivity index (χ2n) is 6.09. The summed E-state index contributed by atoms with van der Waals surface area (Å²) in [6, 6.07) is 11.8. The first-order valence-electron chi connectivity index (χ1n) is 8.91. The van der Waals surface area contributed by atoms with E-state index in [1.54, 1.807) is 42.5 Å². The molecular formula is C20H18F2N4O4S. The highest BCUT2D eigenvalue weighted by molar-refractivity contribution is 7.71. The van der Waals surface area contributed by atoms with Crippen molar-refractivity contribution in [3.63, 3.8) is 0 Å². The van der Waals surface area contributed by atoms with E-state index in [0.29, 0.717) is 22.6 Å². The van der Waals surface area contributed by atoms with Crippen LogP contribution in [0.15, 0.2) is 47.6 Å². The third kappa shape index (κ3) is 5.12. The van der Waals surface area contributed by atoms with Crippen molar-refractivity contribution in [1.29, 1.82) is 0 Å². The quantitative estimate of drug-likeness (QED) is 0.317. The van der Waals surface area contributed by atoms with E-state index < -0.39 is 18.2 Å². The molecule has 0 aliphatic rings. The maximum Gasteiger partial charge on any atom is 0.341 e. The van der Waals surface area contributed by atoms with Gasteiger partial charge in [0.2, 0.25) is 10.6 Å². The van der Waals surface area contributed by atoms with Crippen LogP contribution in [0.2, 0.25) is 0 Å². The number of hydrogen-bond donors (Lipinski definition) is 1. The first kappa shape index (κ1) is 22.1. The zero-order valence-electron chi connectivity index (χ0n) is 16.5. The highest BCUT2D eigenvalue weighted by Gasteiger charge is 2.16. The SMILES string of the molecule is COC(=O)c1ccccc1OCc1cc(C=Nn2c(C(F)F)n[nH]c2=S)ccc1OC. The van der Waals surface area contributed by atoms with Gasteiger partial charge in [-0.25, -0.2) is 18.7 Å². The smallest absolute Gasteiger partial charge is 0.341 e. The number of aromatic nitrogens is 3. The number of methoxy groups -OCH3 is 2. The van der Waals surface area contributed by atoms with Gasteiger partial charge >= 0.3 is 5.97 Å². The Morgan fingerprint density at radius 1 is 1.26 bits per heavy atom. The number of ether oxygens (including phenoxy) is 3. The number of H-pyrrole nitrogens is 1. The molecule has 0 radical (unpaired) electrons. The Labute approximate surface area is 181 Å². The summed E-state index contributed by atoms with van der Waals surface area (Å²) >= 11 is 4.93. The molecule has 1 aromatic heterocycles. The van der Waals surface area contributed by atoms with Gasteiger partial charge in [-0.15, -0.1) is 0 Å². The second kappa shape index (κ2) is 9.94. The van der Waals surface area contributed by atoms with E-state index in [2.05, 4.69) is 15.3 Å². The Morgan fingerprint density at radius 2 is 2.03 bits per heavy atom. The summed E-state index contributed by atoms with van der Waals surface area (Å²) in [6.07, 6.45) is -1.47. The molecule has 1 heterocycles. The average Bonchev–Trinajstić information content (AvgIpc) is 3.16. The van der Waals surface area contributed by atoms with Gasteiger partial charge in [-0.1, -0.05) is 12.1 Å². The third-order valence-electron chi connectivity index (χ3n) is 4.17. The van der Waals surface area contributed by atoms with Crippen LogP contribution in [-0.4, -0.2) is 41.3 Å². The molecule has 31 heavy (non-hydrogen) atoms. The fourth-order valence-electron chi connectivity index (χ4n) is 2.70. The number of carbonyl (C=O) groups is 1. The largest absolute Gasteiger partial charge is 0.496 e. The lowest BCUT2D eigenvalue weighted by atomic mass is 10.1. The lowest BCUT2D eigenvalue weighted by Crippen LogP contribution is -2.06. The van der Waals surface area contributed by atoms with Gasteiger partial charge in [0.25, 0.3) is 6.43 Å². The standard InChI is InChI=1S/C20H18F2N4O4S/c1-28-15-8-7-12(10-23-26-18(17(21)22)24-25-20(26)31)9-13(15)11-30-16-6-4-3-5-14(16)19(27)29-2/h3-10,17H,11H2,1-2H3,(H,25,31). The predicted octanol–water partition coefficient (Wildman–Crippen LogP) is 4.13. The van der Waals surface area contributed by atoms with E-state index in [0.717, 1.165) is 4.68 Å². The van der Waals surface area contributed by atoms with Gasteiger partial charge in [-0.2, -0.15) is 14.9 Å². The molecule has 11 heteroatoms. The van der Waals surface area contributed by atoms with Gasteiger partial charge in [-0.3, -0.25) is 0 Å². The number of nitrogens with one attached hydrogen (secondary N) is 1. The molecule has 0 unspecified atom stereocenters. The molecule has 1 N–H and O–H groups in total. The molecule has 0 fully saturated rings. The summed E-state index contributed by atoms with van der Waals surface area (Å²) in [6.45, 7) is 0.0757. The first-order chi connectivity index (χ1) is 14.9. The highest BCUT2D eigenvalue weighted by Crippen LogP contribution is 2.24. The number of nitrogens with zero attached hydrogens (tertiary/aromatic N) is 3.